The van der Waals surface area contributed by atoms with Gasteiger partial charge in [0.05, 0.1) is 21.8 Å². The van der Waals surface area contributed by atoms with E-state index in [1.54, 1.807) is 49.9 Å². The van der Waals surface area contributed by atoms with Crippen molar-refractivity contribution in [2.45, 2.75) is 31.8 Å². The van der Waals surface area contributed by atoms with Gasteiger partial charge in [0.2, 0.25) is 11.8 Å². The summed E-state index contributed by atoms with van der Waals surface area (Å²) in [5, 5.41) is 10.9. The predicted octanol–water partition coefficient (Wildman–Crippen LogP) is 5.39. The zero-order valence-electron chi connectivity index (χ0n) is 29.5. The lowest BCUT2D eigenvalue weighted by molar-refractivity contribution is -0.136. The zero-order chi connectivity index (χ0) is 38.2. The van der Waals surface area contributed by atoms with Gasteiger partial charge in [-0.2, -0.15) is 0 Å². The van der Waals surface area contributed by atoms with Crippen molar-refractivity contribution < 1.29 is 24.0 Å². The van der Waals surface area contributed by atoms with Gasteiger partial charge >= 0.3 is 0 Å². The van der Waals surface area contributed by atoms with Gasteiger partial charge in [0.1, 0.15) is 11.7 Å². The number of aromatic nitrogens is 3. The number of benzene rings is 3. The van der Waals surface area contributed by atoms with Gasteiger partial charge in [0, 0.05) is 79.0 Å². The van der Waals surface area contributed by atoms with Crippen molar-refractivity contribution in [2.75, 3.05) is 13.6 Å². The van der Waals surface area contributed by atoms with Crippen LogP contribution in [0.3, 0.4) is 0 Å². The maximum Gasteiger partial charge on any atom is 0.269 e. The van der Waals surface area contributed by atoms with E-state index in [4.69, 9.17) is 16.6 Å². The summed E-state index contributed by atoms with van der Waals surface area (Å²) in [5.74, 6) is 4.59. The molecule has 6 aromatic rings. The second kappa shape index (κ2) is 14.5. The van der Waals surface area contributed by atoms with Crippen molar-refractivity contribution in [3.05, 3.63) is 118 Å². The molecule has 55 heavy (non-hydrogen) atoms. The molecular weight excluding hydrogens is 718 g/mol. The minimum Gasteiger partial charge on any atom is -0.359 e. The Bertz CT molecular complexity index is 2660. The summed E-state index contributed by atoms with van der Waals surface area (Å²) in [4.78, 5) is 76.1. The number of hydrogen-bond donors (Lipinski definition) is 4. The van der Waals surface area contributed by atoms with Crippen molar-refractivity contribution in [3.63, 3.8) is 0 Å². The van der Waals surface area contributed by atoms with E-state index in [1.165, 1.54) is 4.90 Å². The number of halogens is 1. The quantitative estimate of drug-likeness (QED) is 0.0965. The maximum atomic E-state index is 13.1. The second-order valence-corrected chi connectivity index (χ2v) is 13.6. The fourth-order valence-corrected chi connectivity index (χ4v) is 7.39. The first-order valence-corrected chi connectivity index (χ1v) is 18.0. The van der Waals surface area contributed by atoms with Crippen LogP contribution in [0.2, 0.25) is 5.02 Å². The largest absolute Gasteiger partial charge is 0.359 e. The SMILES string of the molecule is CNC(=O)c1c[nH]c2c(Cl)cc(-c3cccc4cc(-c5ccc(C(=O)NCCC#Cc6cccc7c6CN(C6CCC(=O)NC6=O)C7=O)nc5)ncc34)cc12. The molecular formula is C42H32ClN7O5. The van der Waals surface area contributed by atoms with Crippen molar-refractivity contribution >= 4 is 62.8 Å². The van der Waals surface area contributed by atoms with Gasteiger partial charge in [0.15, 0.2) is 0 Å². The van der Waals surface area contributed by atoms with Crippen LogP contribution in [0.1, 0.15) is 61.6 Å². The monoisotopic (exact) mass is 749 g/mol. The van der Waals surface area contributed by atoms with E-state index in [1.807, 2.05) is 42.5 Å². The number of fused-ring (bicyclic) bond motifs is 3. The van der Waals surface area contributed by atoms with Crippen molar-refractivity contribution in [1.29, 1.82) is 0 Å². The molecule has 4 N–H and O–H groups in total. The molecule has 1 saturated heterocycles. The third-order valence-corrected chi connectivity index (χ3v) is 10.2. The molecule has 2 aliphatic rings. The van der Waals surface area contributed by atoms with Crippen molar-refractivity contribution in [1.82, 2.24) is 35.8 Å². The molecule has 0 aliphatic carbocycles. The number of amides is 5. The molecule has 0 bridgehead atoms. The normalized spacial score (nSPS) is 15.1. The summed E-state index contributed by atoms with van der Waals surface area (Å²) in [5.41, 5.74) is 6.57. The Morgan fingerprint density at radius 1 is 0.945 bits per heavy atom. The molecule has 5 amide bonds. The summed E-state index contributed by atoms with van der Waals surface area (Å²) in [6.45, 7) is 0.526. The van der Waals surface area contributed by atoms with Gasteiger partial charge in [-0.1, -0.05) is 47.7 Å². The first kappa shape index (κ1) is 35.2. The van der Waals surface area contributed by atoms with E-state index in [0.717, 1.165) is 38.4 Å². The van der Waals surface area contributed by atoms with Gasteiger partial charge in [0.25, 0.3) is 17.7 Å². The maximum absolute atomic E-state index is 13.1. The number of carbonyl (C=O) groups is 5. The van der Waals surface area contributed by atoms with Crippen LogP contribution in [0.25, 0.3) is 44.1 Å². The highest BCUT2D eigenvalue weighted by atomic mass is 35.5. The molecule has 5 heterocycles. The number of piperidine rings is 1. The fourth-order valence-electron chi connectivity index (χ4n) is 7.12. The molecule has 0 spiro atoms. The van der Waals surface area contributed by atoms with Gasteiger partial charge in [-0.05, 0) is 71.0 Å². The van der Waals surface area contributed by atoms with Crippen LogP contribution in [0, 0.1) is 11.8 Å². The standard InChI is InChI=1S/C42H32ClN7O5/c1-44-39(52)31-21-48-38-29(31)16-26(17-33(38)43)27-9-5-8-24-18-35(47-20-30(24)27)25-11-12-34(46-19-25)40(53)45-15-3-2-6-23-7-4-10-28-32(23)22-50(42(28)55)36-13-14-37(51)49-41(36)54/h4-5,7-12,16-21,36,48H,3,13-15,22H2,1H3,(H,44,52)(H,45,53)(H,49,51,54). The molecule has 12 nitrogen and oxygen atoms in total. The lowest BCUT2D eigenvalue weighted by Crippen LogP contribution is -2.52. The molecule has 1 unspecified atom stereocenters. The summed E-state index contributed by atoms with van der Waals surface area (Å²) < 4.78 is 0. The first-order chi connectivity index (χ1) is 26.7. The smallest absolute Gasteiger partial charge is 0.269 e. The second-order valence-electron chi connectivity index (χ2n) is 13.2. The number of nitrogens with zero attached hydrogens (tertiary/aromatic N) is 3. The van der Waals surface area contributed by atoms with Crippen LogP contribution in [-0.4, -0.2) is 69.0 Å². The van der Waals surface area contributed by atoms with Crippen LogP contribution >= 0.6 is 11.6 Å². The molecule has 3 aromatic carbocycles. The summed E-state index contributed by atoms with van der Waals surface area (Å²) in [7, 11) is 1.59. The molecule has 1 fully saturated rings. The molecule has 8 rings (SSSR count). The van der Waals surface area contributed by atoms with E-state index in [0.29, 0.717) is 39.3 Å². The average Bonchev–Trinajstić information content (AvgIpc) is 3.78. The summed E-state index contributed by atoms with van der Waals surface area (Å²) in [6.07, 6.45) is 5.90. The van der Waals surface area contributed by atoms with Crippen LogP contribution in [-0.2, 0) is 16.1 Å². The average molecular weight is 750 g/mol. The number of pyridine rings is 2. The molecule has 0 saturated carbocycles. The molecule has 1 atom stereocenters. The molecule has 2 aliphatic heterocycles. The highest BCUT2D eigenvalue weighted by Crippen LogP contribution is 2.36. The number of carbonyl (C=O) groups excluding carboxylic acids is 5. The third kappa shape index (κ3) is 6.66. The van der Waals surface area contributed by atoms with Crippen LogP contribution in [0.5, 0.6) is 0 Å². The van der Waals surface area contributed by atoms with Gasteiger partial charge in [-0.3, -0.25) is 39.3 Å². The van der Waals surface area contributed by atoms with Gasteiger partial charge < -0.3 is 20.5 Å². The van der Waals surface area contributed by atoms with E-state index in [2.05, 4.69) is 37.8 Å². The third-order valence-electron chi connectivity index (χ3n) is 9.92. The van der Waals surface area contributed by atoms with E-state index in [-0.39, 0.29) is 55.3 Å². The van der Waals surface area contributed by atoms with E-state index >= 15 is 0 Å². The highest BCUT2D eigenvalue weighted by Gasteiger charge is 2.39. The minimum atomic E-state index is -0.696. The Morgan fingerprint density at radius 3 is 2.58 bits per heavy atom. The van der Waals surface area contributed by atoms with Crippen LogP contribution in [0.4, 0.5) is 0 Å². The first-order valence-electron chi connectivity index (χ1n) is 17.6. The number of rotatable bonds is 7. The van der Waals surface area contributed by atoms with E-state index in [9.17, 15) is 24.0 Å². The lowest BCUT2D eigenvalue weighted by Gasteiger charge is -2.29. The number of H-pyrrole nitrogens is 1. The Morgan fingerprint density at radius 2 is 1.78 bits per heavy atom. The number of aromatic amines is 1. The summed E-state index contributed by atoms with van der Waals surface area (Å²) in [6, 6.07) is 19.8. The van der Waals surface area contributed by atoms with Gasteiger partial charge in [-0.15, -0.1) is 0 Å². The van der Waals surface area contributed by atoms with Crippen molar-refractivity contribution in [3.8, 4) is 34.2 Å². The summed E-state index contributed by atoms with van der Waals surface area (Å²) >= 11 is 6.64. The van der Waals surface area contributed by atoms with Crippen LogP contribution in [0.15, 0.2) is 85.3 Å². The molecule has 0 radical (unpaired) electrons. The lowest BCUT2D eigenvalue weighted by atomic mass is 9.97. The Hall–Kier alpha value is -6.84. The topological polar surface area (TPSA) is 166 Å². The van der Waals surface area contributed by atoms with Gasteiger partial charge in [-0.25, -0.2) is 0 Å². The zero-order valence-corrected chi connectivity index (χ0v) is 30.2. The number of imide groups is 1. The van der Waals surface area contributed by atoms with Crippen LogP contribution < -0.4 is 16.0 Å². The Labute approximate surface area is 319 Å². The number of nitrogens with one attached hydrogen (secondary N) is 4. The molecule has 3 aromatic heterocycles. The molecule has 272 valence electrons. The molecule has 13 heteroatoms. The van der Waals surface area contributed by atoms with Crippen molar-refractivity contribution in [2.24, 2.45) is 0 Å². The fraction of sp³-hybridized carbons (Fsp3) is 0.167. The predicted molar refractivity (Wildman–Crippen MR) is 207 cm³/mol. The highest BCUT2D eigenvalue weighted by molar-refractivity contribution is 6.36. The number of hydrogen-bond acceptors (Lipinski definition) is 7. The minimum absolute atomic E-state index is 0.187. The van der Waals surface area contributed by atoms with E-state index < -0.39 is 11.9 Å². The Kier molecular flexibility index (Phi) is 9.30. The Balaban J connectivity index is 0.913.